The van der Waals surface area contributed by atoms with E-state index >= 15 is 0 Å². The average molecular weight is 195 g/mol. The highest BCUT2D eigenvalue weighted by Gasteiger charge is 1.95. The fourth-order valence-corrected chi connectivity index (χ4v) is 1.21. The van der Waals surface area contributed by atoms with E-state index in [0.717, 1.165) is 19.3 Å². The Bertz CT molecular complexity index is 197. The minimum absolute atomic E-state index is 0.341. The molecule has 0 fully saturated rings. The van der Waals surface area contributed by atoms with Crippen LogP contribution in [0.3, 0.4) is 0 Å². The molecule has 0 saturated heterocycles. The second kappa shape index (κ2) is 7.81. The lowest BCUT2D eigenvalue weighted by molar-refractivity contribution is 0.656. The van der Waals surface area contributed by atoms with E-state index in [9.17, 15) is 0 Å². The van der Waals surface area contributed by atoms with Gasteiger partial charge in [0.15, 0.2) is 0 Å². The fraction of sp³-hybridized carbons (Fsp3) is 0.692. The van der Waals surface area contributed by atoms with Gasteiger partial charge in [0.05, 0.1) is 0 Å². The zero-order valence-electron chi connectivity index (χ0n) is 10.1. The van der Waals surface area contributed by atoms with Gasteiger partial charge in [0.1, 0.15) is 0 Å². The Balaban J connectivity index is 3.72. The third-order valence-electron chi connectivity index (χ3n) is 2.38. The molecule has 0 aliphatic heterocycles. The van der Waals surface area contributed by atoms with Crippen molar-refractivity contribution in [2.75, 3.05) is 0 Å². The van der Waals surface area contributed by atoms with Gasteiger partial charge in [-0.2, -0.15) is 0 Å². The molecule has 1 heteroatoms. The van der Waals surface area contributed by atoms with Gasteiger partial charge in [-0.1, -0.05) is 30.2 Å². The topological polar surface area (TPSA) is 26.0 Å². The van der Waals surface area contributed by atoms with Crippen molar-refractivity contribution >= 4 is 0 Å². The zero-order chi connectivity index (χ0) is 11.0. The highest BCUT2D eigenvalue weighted by atomic mass is 14.6. The van der Waals surface area contributed by atoms with E-state index in [1.807, 2.05) is 0 Å². The first-order valence-corrected chi connectivity index (χ1v) is 5.60. The first kappa shape index (κ1) is 13.4. The van der Waals surface area contributed by atoms with Crippen molar-refractivity contribution in [2.24, 2.45) is 5.73 Å². The summed E-state index contributed by atoms with van der Waals surface area (Å²) >= 11 is 0. The van der Waals surface area contributed by atoms with Crippen LogP contribution in [0.5, 0.6) is 0 Å². The van der Waals surface area contributed by atoms with E-state index in [2.05, 4.69) is 39.8 Å². The molecule has 0 aromatic heterocycles. The van der Waals surface area contributed by atoms with Crippen molar-refractivity contribution in [3.63, 3.8) is 0 Å². The molecule has 0 bridgehead atoms. The minimum Gasteiger partial charge on any atom is -0.327 e. The van der Waals surface area contributed by atoms with Crippen LogP contribution >= 0.6 is 0 Å². The molecule has 0 heterocycles. The smallest absolute Gasteiger partial charge is 0.00708 e. The van der Waals surface area contributed by atoms with Crippen LogP contribution in [0.25, 0.3) is 0 Å². The van der Waals surface area contributed by atoms with E-state index in [1.54, 1.807) is 0 Å². The Morgan fingerprint density at radius 2 is 1.86 bits per heavy atom. The lowest BCUT2D eigenvalue weighted by Gasteiger charge is -2.05. The Labute approximate surface area is 89.1 Å². The van der Waals surface area contributed by atoms with Crippen LogP contribution in [0.1, 0.15) is 53.4 Å². The van der Waals surface area contributed by atoms with Crippen LogP contribution in [-0.4, -0.2) is 6.04 Å². The van der Waals surface area contributed by atoms with Crippen molar-refractivity contribution in [2.45, 2.75) is 59.4 Å². The maximum absolute atomic E-state index is 5.84. The van der Waals surface area contributed by atoms with Crippen molar-refractivity contribution in [1.82, 2.24) is 0 Å². The van der Waals surface area contributed by atoms with E-state index in [-0.39, 0.29) is 0 Å². The minimum atomic E-state index is 0.341. The third kappa shape index (κ3) is 8.06. The Morgan fingerprint density at radius 3 is 2.36 bits per heavy atom. The lowest BCUT2D eigenvalue weighted by atomic mass is 10.1. The van der Waals surface area contributed by atoms with E-state index in [0.29, 0.717) is 6.04 Å². The molecule has 1 atom stereocenters. The summed E-state index contributed by atoms with van der Waals surface area (Å²) in [6, 6.07) is 0.341. The first-order valence-electron chi connectivity index (χ1n) is 5.60. The van der Waals surface area contributed by atoms with Crippen LogP contribution in [0.4, 0.5) is 0 Å². The van der Waals surface area contributed by atoms with E-state index in [1.165, 1.54) is 17.6 Å². The summed E-state index contributed by atoms with van der Waals surface area (Å²) < 4.78 is 0. The predicted molar refractivity (Wildman–Crippen MR) is 65.3 cm³/mol. The zero-order valence-corrected chi connectivity index (χ0v) is 10.1. The maximum Gasteiger partial charge on any atom is 0.00708 e. The molecule has 0 amide bonds. The summed E-state index contributed by atoms with van der Waals surface area (Å²) in [6.07, 6.45) is 8.99. The lowest BCUT2D eigenvalue weighted by Crippen LogP contribution is -2.17. The molecule has 0 rings (SSSR count). The monoisotopic (exact) mass is 195 g/mol. The molecule has 0 aliphatic carbocycles. The molecule has 0 spiro atoms. The maximum atomic E-state index is 5.84. The molecule has 0 aromatic rings. The summed E-state index contributed by atoms with van der Waals surface area (Å²) in [5, 5.41) is 0. The highest BCUT2D eigenvalue weighted by molar-refractivity contribution is 5.02. The average Bonchev–Trinajstić information content (AvgIpc) is 2.13. The van der Waals surface area contributed by atoms with Crippen LogP contribution < -0.4 is 5.73 Å². The molecule has 14 heavy (non-hydrogen) atoms. The number of hydrogen-bond donors (Lipinski definition) is 1. The standard InChI is InChI=1S/C13H25N/c1-5-13(14)10-9-12(4)8-6-7-11(2)3/h7,9,13H,5-6,8,10,14H2,1-4H3/b12-9+. The molecule has 82 valence electrons. The van der Waals surface area contributed by atoms with Crippen molar-refractivity contribution in [3.8, 4) is 0 Å². The molecule has 0 aliphatic rings. The Hall–Kier alpha value is -0.560. The van der Waals surface area contributed by atoms with Crippen LogP contribution in [0.2, 0.25) is 0 Å². The molecular weight excluding hydrogens is 170 g/mol. The Morgan fingerprint density at radius 1 is 1.21 bits per heavy atom. The second-order valence-electron chi connectivity index (χ2n) is 4.27. The van der Waals surface area contributed by atoms with Gasteiger partial charge in [-0.3, -0.25) is 0 Å². The molecule has 1 unspecified atom stereocenters. The molecule has 0 aromatic carbocycles. The SMILES string of the molecule is CCC(N)C/C=C(\C)CCC=C(C)C. The third-order valence-corrected chi connectivity index (χ3v) is 2.38. The van der Waals surface area contributed by atoms with Crippen molar-refractivity contribution in [3.05, 3.63) is 23.3 Å². The van der Waals surface area contributed by atoms with Gasteiger partial charge in [0.25, 0.3) is 0 Å². The number of hydrogen-bond acceptors (Lipinski definition) is 1. The van der Waals surface area contributed by atoms with Gasteiger partial charge in [0, 0.05) is 6.04 Å². The summed E-state index contributed by atoms with van der Waals surface area (Å²) in [5.41, 5.74) is 8.71. The van der Waals surface area contributed by atoms with E-state index < -0.39 is 0 Å². The molecule has 0 saturated carbocycles. The summed E-state index contributed by atoms with van der Waals surface area (Å²) in [7, 11) is 0. The van der Waals surface area contributed by atoms with Gasteiger partial charge in [-0.15, -0.1) is 0 Å². The number of rotatable bonds is 6. The molecule has 2 N–H and O–H groups in total. The predicted octanol–water partition coefficient (Wildman–Crippen LogP) is 3.81. The van der Waals surface area contributed by atoms with Crippen LogP contribution in [-0.2, 0) is 0 Å². The number of allylic oxidation sites excluding steroid dienone is 3. The quantitative estimate of drug-likeness (QED) is 0.641. The largest absolute Gasteiger partial charge is 0.327 e. The van der Waals surface area contributed by atoms with E-state index in [4.69, 9.17) is 5.73 Å². The van der Waals surface area contributed by atoms with Gasteiger partial charge >= 0.3 is 0 Å². The molecule has 0 radical (unpaired) electrons. The number of nitrogens with two attached hydrogens (primary N) is 1. The summed E-state index contributed by atoms with van der Waals surface area (Å²) in [6.45, 7) is 8.62. The fourth-order valence-electron chi connectivity index (χ4n) is 1.21. The first-order chi connectivity index (χ1) is 6.56. The van der Waals surface area contributed by atoms with Crippen LogP contribution in [0.15, 0.2) is 23.3 Å². The summed E-state index contributed by atoms with van der Waals surface area (Å²) in [5.74, 6) is 0. The van der Waals surface area contributed by atoms with Crippen LogP contribution in [0, 0.1) is 0 Å². The van der Waals surface area contributed by atoms with Gasteiger partial charge in [-0.05, 0) is 46.5 Å². The van der Waals surface area contributed by atoms with Crippen molar-refractivity contribution in [1.29, 1.82) is 0 Å². The van der Waals surface area contributed by atoms with Crippen molar-refractivity contribution < 1.29 is 0 Å². The normalized spacial score (nSPS) is 13.9. The summed E-state index contributed by atoms with van der Waals surface area (Å²) in [4.78, 5) is 0. The second-order valence-corrected chi connectivity index (χ2v) is 4.27. The highest BCUT2D eigenvalue weighted by Crippen LogP contribution is 2.08. The molecule has 1 nitrogen and oxygen atoms in total. The van der Waals surface area contributed by atoms with Gasteiger partial charge in [-0.25, -0.2) is 0 Å². The van der Waals surface area contributed by atoms with Gasteiger partial charge < -0.3 is 5.73 Å². The van der Waals surface area contributed by atoms with Gasteiger partial charge in [0.2, 0.25) is 0 Å². The molecular formula is C13H25N. The Kier molecular flexibility index (Phi) is 7.50.